The van der Waals surface area contributed by atoms with Gasteiger partial charge in [-0.25, -0.2) is 0 Å². The number of aryl methyl sites for hydroxylation is 3. The molecule has 152 valence electrons. The molecule has 0 heterocycles. The SMILES string of the molecule is CC(=O)Nc1ccc(Cc2c(C)cc(CCP(C)(=O)O)cc2C)cc1C(C)C. The predicted octanol–water partition coefficient (Wildman–Crippen LogP) is 5.42. The minimum absolute atomic E-state index is 0.0589. The molecule has 0 aliphatic heterocycles. The molecule has 0 aliphatic rings. The Morgan fingerprint density at radius 2 is 1.71 bits per heavy atom. The van der Waals surface area contributed by atoms with Crippen LogP contribution in [0, 0.1) is 13.8 Å². The van der Waals surface area contributed by atoms with Crippen LogP contribution in [0.25, 0.3) is 0 Å². The molecule has 2 rings (SSSR count). The van der Waals surface area contributed by atoms with Crippen molar-refractivity contribution in [1.82, 2.24) is 0 Å². The first-order valence-corrected chi connectivity index (χ1v) is 12.0. The van der Waals surface area contributed by atoms with Crippen LogP contribution in [0.5, 0.6) is 0 Å². The molecule has 1 atom stereocenters. The Hall–Kier alpha value is -1.90. The predicted molar refractivity (Wildman–Crippen MR) is 118 cm³/mol. The molecule has 0 saturated heterocycles. The number of nitrogens with one attached hydrogen (secondary N) is 1. The van der Waals surface area contributed by atoms with Crippen LogP contribution >= 0.6 is 7.37 Å². The Morgan fingerprint density at radius 1 is 1.11 bits per heavy atom. The van der Waals surface area contributed by atoms with Crippen molar-refractivity contribution in [2.75, 3.05) is 18.1 Å². The summed E-state index contributed by atoms with van der Waals surface area (Å²) in [5, 5.41) is 2.92. The molecule has 1 unspecified atom stereocenters. The van der Waals surface area contributed by atoms with Gasteiger partial charge in [0.05, 0.1) is 0 Å². The van der Waals surface area contributed by atoms with Crippen molar-refractivity contribution in [2.45, 2.75) is 53.4 Å². The highest BCUT2D eigenvalue weighted by molar-refractivity contribution is 7.57. The monoisotopic (exact) mass is 401 g/mol. The average molecular weight is 401 g/mol. The summed E-state index contributed by atoms with van der Waals surface area (Å²) < 4.78 is 11.6. The molecule has 0 bridgehead atoms. The van der Waals surface area contributed by atoms with Crippen molar-refractivity contribution in [3.8, 4) is 0 Å². The fraction of sp³-hybridized carbons (Fsp3) is 0.435. The summed E-state index contributed by atoms with van der Waals surface area (Å²) in [7, 11) is -2.99. The molecular weight excluding hydrogens is 369 g/mol. The van der Waals surface area contributed by atoms with Gasteiger partial charge in [-0.15, -0.1) is 0 Å². The lowest BCUT2D eigenvalue weighted by Crippen LogP contribution is -2.09. The number of rotatable bonds is 7. The smallest absolute Gasteiger partial charge is 0.221 e. The molecule has 28 heavy (non-hydrogen) atoms. The second-order valence-corrected chi connectivity index (χ2v) is 10.7. The van der Waals surface area contributed by atoms with Crippen molar-refractivity contribution in [2.24, 2.45) is 0 Å². The van der Waals surface area contributed by atoms with Gasteiger partial charge in [0.1, 0.15) is 0 Å². The zero-order chi connectivity index (χ0) is 21.1. The Morgan fingerprint density at radius 3 is 2.21 bits per heavy atom. The summed E-state index contributed by atoms with van der Waals surface area (Å²) in [4.78, 5) is 21.0. The van der Waals surface area contributed by atoms with Gasteiger partial charge in [-0.1, -0.05) is 38.1 Å². The summed E-state index contributed by atoms with van der Waals surface area (Å²) in [5.41, 5.74) is 8.04. The molecular formula is C23H32NO3P. The maximum atomic E-state index is 11.6. The summed E-state index contributed by atoms with van der Waals surface area (Å²) in [6.07, 6.45) is 1.76. The maximum absolute atomic E-state index is 11.6. The molecule has 1 amide bonds. The van der Waals surface area contributed by atoms with Crippen molar-refractivity contribution < 1.29 is 14.3 Å². The second kappa shape index (κ2) is 9.07. The summed E-state index contributed by atoms with van der Waals surface area (Å²) in [5.74, 6) is 0.256. The van der Waals surface area contributed by atoms with E-state index in [0.29, 0.717) is 18.5 Å². The number of hydrogen-bond donors (Lipinski definition) is 2. The molecule has 0 fully saturated rings. The summed E-state index contributed by atoms with van der Waals surface area (Å²) in [6, 6.07) is 10.5. The van der Waals surface area contributed by atoms with E-state index in [0.717, 1.165) is 23.2 Å². The highest BCUT2D eigenvalue weighted by Crippen LogP contribution is 2.36. The van der Waals surface area contributed by atoms with Gasteiger partial charge < -0.3 is 10.2 Å². The molecule has 0 aromatic heterocycles. The van der Waals surface area contributed by atoms with Crippen LogP contribution in [-0.2, 0) is 22.2 Å². The summed E-state index contributed by atoms with van der Waals surface area (Å²) in [6.45, 7) is 11.4. The van der Waals surface area contributed by atoms with Gasteiger partial charge in [0.25, 0.3) is 0 Å². The first kappa shape index (κ1) is 22.4. The second-order valence-electron chi connectivity index (χ2n) is 8.17. The molecule has 0 spiro atoms. The van der Waals surface area contributed by atoms with E-state index in [1.165, 1.54) is 35.8 Å². The third kappa shape index (κ3) is 6.32. The van der Waals surface area contributed by atoms with Crippen molar-refractivity contribution in [3.63, 3.8) is 0 Å². The van der Waals surface area contributed by atoms with E-state index in [9.17, 15) is 14.3 Å². The largest absolute Gasteiger partial charge is 0.344 e. The highest BCUT2D eigenvalue weighted by Gasteiger charge is 2.13. The molecule has 0 saturated carbocycles. The highest BCUT2D eigenvalue weighted by atomic mass is 31.2. The van der Waals surface area contributed by atoms with Gasteiger partial charge >= 0.3 is 0 Å². The van der Waals surface area contributed by atoms with Crippen molar-refractivity contribution in [3.05, 3.63) is 63.7 Å². The van der Waals surface area contributed by atoms with E-state index in [1.54, 1.807) is 0 Å². The van der Waals surface area contributed by atoms with Gasteiger partial charge in [-0.05, 0) is 72.1 Å². The number of hydrogen-bond acceptors (Lipinski definition) is 2. The number of amides is 1. The molecule has 2 N–H and O–H groups in total. The first-order valence-electron chi connectivity index (χ1n) is 9.75. The fourth-order valence-electron chi connectivity index (χ4n) is 3.55. The molecule has 0 aliphatic carbocycles. The lowest BCUT2D eigenvalue weighted by molar-refractivity contribution is -0.114. The van der Waals surface area contributed by atoms with Crippen molar-refractivity contribution >= 4 is 19.0 Å². The number of carbonyl (C=O) groups excluding carboxylic acids is 1. The van der Waals surface area contributed by atoms with Gasteiger partial charge in [0.15, 0.2) is 7.37 Å². The molecule has 4 nitrogen and oxygen atoms in total. The molecule has 0 radical (unpaired) electrons. The zero-order valence-electron chi connectivity index (χ0n) is 17.8. The lowest BCUT2D eigenvalue weighted by atomic mass is 9.91. The first-order chi connectivity index (χ1) is 13.0. The van der Waals surface area contributed by atoms with E-state index in [2.05, 4.69) is 57.3 Å². The Bertz CT molecular complexity index is 889. The fourth-order valence-corrected chi connectivity index (χ4v) is 4.22. The van der Waals surface area contributed by atoms with Crippen LogP contribution in [0.4, 0.5) is 5.69 Å². The van der Waals surface area contributed by atoms with Crippen LogP contribution in [0.1, 0.15) is 60.1 Å². The molecule has 2 aromatic rings. The van der Waals surface area contributed by atoms with Gasteiger partial charge in [-0.2, -0.15) is 0 Å². The Labute approximate surface area is 168 Å². The van der Waals surface area contributed by atoms with E-state index >= 15 is 0 Å². The third-order valence-corrected chi connectivity index (χ3v) is 6.05. The van der Waals surface area contributed by atoms with Crippen LogP contribution in [0.2, 0.25) is 0 Å². The van der Waals surface area contributed by atoms with Crippen LogP contribution in [0.3, 0.4) is 0 Å². The number of carbonyl (C=O) groups is 1. The van der Waals surface area contributed by atoms with Crippen LogP contribution in [0.15, 0.2) is 30.3 Å². The Balaban J connectivity index is 2.28. The topological polar surface area (TPSA) is 66.4 Å². The van der Waals surface area contributed by atoms with E-state index in [-0.39, 0.29) is 5.91 Å². The minimum atomic E-state index is -2.99. The zero-order valence-corrected chi connectivity index (χ0v) is 18.7. The third-order valence-electron chi connectivity index (χ3n) is 5.00. The van der Waals surface area contributed by atoms with E-state index in [1.807, 2.05) is 6.07 Å². The Kier molecular flexibility index (Phi) is 7.25. The quantitative estimate of drug-likeness (QED) is 0.609. The van der Waals surface area contributed by atoms with Crippen LogP contribution in [-0.4, -0.2) is 23.6 Å². The normalized spacial score (nSPS) is 13.4. The average Bonchev–Trinajstić information content (AvgIpc) is 2.56. The van der Waals surface area contributed by atoms with Gasteiger partial charge in [0.2, 0.25) is 5.91 Å². The minimum Gasteiger partial charge on any atom is -0.344 e. The summed E-state index contributed by atoms with van der Waals surface area (Å²) >= 11 is 0. The molecule has 5 heteroatoms. The van der Waals surface area contributed by atoms with Gasteiger partial charge in [-0.3, -0.25) is 9.36 Å². The lowest BCUT2D eigenvalue weighted by Gasteiger charge is -2.17. The molecule has 2 aromatic carbocycles. The number of anilines is 1. The van der Waals surface area contributed by atoms with Crippen molar-refractivity contribution in [1.29, 1.82) is 0 Å². The van der Waals surface area contributed by atoms with E-state index < -0.39 is 7.37 Å². The van der Waals surface area contributed by atoms with E-state index in [4.69, 9.17) is 0 Å². The van der Waals surface area contributed by atoms with Crippen LogP contribution < -0.4 is 5.32 Å². The standard InChI is InChI=1S/C23H32NO3P/c1-15(2)21-13-19(7-8-23(21)24-18(5)25)14-22-16(3)11-20(12-17(22)4)9-10-28(6,26)27/h7-8,11-13,15H,9-10,14H2,1-6H3,(H,24,25)(H,26,27). The number of benzene rings is 2. The maximum Gasteiger partial charge on any atom is 0.221 e. The van der Waals surface area contributed by atoms with Gasteiger partial charge in [0, 0.05) is 25.4 Å².